The largest absolute Gasteiger partial charge is 0.480 e. The van der Waals surface area contributed by atoms with E-state index in [-0.39, 0.29) is 11.1 Å². The van der Waals surface area contributed by atoms with Crippen LogP contribution in [-0.4, -0.2) is 33.6 Å². The number of hydrogen-bond donors (Lipinski definition) is 1. The second kappa shape index (κ2) is 5.08. The van der Waals surface area contributed by atoms with E-state index < -0.39 is 12.0 Å². The van der Waals surface area contributed by atoms with Gasteiger partial charge in [0.15, 0.2) is 0 Å². The van der Waals surface area contributed by atoms with Gasteiger partial charge in [-0.25, -0.2) is 14.8 Å². The Kier molecular flexibility index (Phi) is 3.62. The van der Waals surface area contributed by atoms with E-state index >= 15 is 0 Å². The van der Waals surface area contributed by atoms with Gasteiger partial charge in [0.05, 0.1) is 0 Å². The first-order valence-electron chi connectivity index (χ1n) is 6.60. The van der Waals surface area contributed by atoms with E-state index in [1.165, 1.54) is 0 Å². The number of anilines is 1. The monoisotopic (exact) mass is 274 g/mol. The molecule has 1 aliphatic rings. The predicted molar refractivity (Wildman–Crippen MR) is 73.3 cm³/mol. The van der Waals surface area contributed by atoms with E-state index in [2.05, 4.69) is 9.97 Å². The summed E-state index contributed by atoms with van der Waals surface area (Å²) in [6, 6.07) is 2.90. The van der Waals surface area contributed by atoms with Crippen molar-refractivity contribution in [2.45, 2.75) is 39.7 Å². The first-order valence-corrected chi connectivity index (χ1v) is 6.60. The van der Waals surface area contributed by atoms with Crippen molar-refractivity contribution >= 4 is 11.9 Å². The number of aryl methyl sites for hydroxylation is 1. The number of carboxylic acid groups (broad SMARTS) is 1. The highest BCUT2D eigenvalue weighted by Crippen LogP contribution is 2.36. The number of rotatable bonds is 2. The Hall–Kier alpha value is -2.16. The van der Waals surface area contributed by atoms with Crippen LogP contribution in [0.5, 0.6) is 0 Å². The summed E-state index contributed by atoms with van der Waals surface area (Å²) in [6.45, 7) is 6.25. The number of nitriles is 1. The van der Waals surface area contributed by atoms with E-state index in [9.17, 15) is 9.90 Å². The van der Waals surface area contributed by atoms with Gasteiger partial charge in [-0.05, 0) is 31.2 Å². The lowest BCUT2D eigenvalue weighted by atomic mass is 9.76. The maximum atomic E-state index is 11.6. The summed E-state index contributed by atoms with van der Waals surface area (Å²) in [5.74, 6) is -0.542. The molecule has 1 N–H and O–H groups in total. The highest BCUT2D eigenvalue weighted by atomic mass is 16.4. The molecular formula is C14H18N4O2. The van der Waals surface area contributed by atoms with Gasteiger partial charge >= 0.3 is 5.97 Å². The van der Waals surface area contributed by atoms with Gasteiger partial charge in [-0.3, -0.25) is 0 Å². The summed E-state index contributed by atoms with van der Waals surface area (Å²) >= 11 is 0. The van der Waals surface area contributed by atoms with Crippen molar-refractivity contribution in [3.05, 3.63) is 17.5 Å². The molecular weight excluding hydrogens is 256 g/mol. The zero-order valence-electron chi connectivity index (χ0n) is 11.9. The van der Waals surface area contributed by atoms with Gasteiger partial charge < -0.3 is 10.0 Å². The number of carbonyl (C=O) groups is 1. The number of aromatic nitrogens is 2. The third-order valence-corrected chi connectivity index (χ3v) is 3.72. The molecule has 0 amide bonds. The van der Waals surface area contributed by atoms with Crippen LogP contribution in [0.2, 0.25) is 0 Å². The van der Waals surface area contributed by atoms with Crippen molar-refractivity contribution in [3.8, 4) is 6.07 Å². The molecule has 6 heteroatoms. The molecule has 2 heterocycles. The number of nitrogens with zero attached hydrogens (tertiary/aromatic N) is 4. The second-order valence-electron chi connectivity index (χ2n) is 5.83. The Labute approximate surface area is 118 Å². The van der Waals surface area contributed by atoms with Crippen LogP contribution in [0.3, 0.4) is 0 Å². The fourth-order valence-corrected chi connectivity index (χ4v) is 2.81. The molecule has 1 aromatic rings. The van der Waals surface area contributed by atoms with Crippen LogP contribution < -0.4 is 4.90 Å². The van der Waals surface area contributed by atoms with Crippen molar-refractivity contribution in [1.82, 2.24) is 9.97 Å². The third kappa shape index (κ3) is 2.57. The standard InChI is InChI=1S/C14H18N4O2/c1-9-7-10(8-15)17-13(16-9)18-6-4-5-14(2,3)11(18)12(19)20/h7,11H,4-6H2,1-3H3,(H,19,20). The summed E-state index contributed by atoms with van der Waals surface area (Å²) in [5, 5.41) is 18.5. The van der Waals surface area contributed by atoms with Crippen molar-refractivity contribution in [2.75, 3.05) is 11.4 Å². The molecule has 1 saturated heterocycles. The lowest BCUT2D eigenvalue weighted by Crippen LogP contribution is -2.55. The summed E-state index contributed by atoms with van der Waals surface area (Å²) in [7, 11) is 0. The van der Waals surface area contributed by atoms with Gasteiger partial charge in [-0.1, -0.05) is 13.8 Å². The first-order chi connectivity index (χ1) is 9.35. The molecule has 0 bridgehead atoms. The van der Waals surface area contributed by atoms with Crippen LogP contribution in [0.1, 0.15) is 38.1 Å². The lowest BCUT2D eigenvalue weighted by Gasteiger charge is -2.44. The van der Waals surface area contributed by atoms with Gasteiger partial charge in [0, 0.05) is 12.2 Å². The van der Waals surface area contributed by atoms with Crippen LogP contribution in [0.4, 0.5) is 5.95 Å². The normalized spacial score (nSPS) is 21.3. The van der Waals surface area contributed by atoms with E-state index in [1.807, 2.05) is 19.9 Å². The Bertz CT molecular complexity index is 577. The molecule has 0 saturated carbocycles. The molecule has 0 spiro atoms. The molecule has 1 aliphatic heterocycles. The van der Waals surface area contributed by atoms with E-state index in [0.717, 1.165) is 12.8 Å². The molecule has 2 rings (SSSR count). The number of piperidine rings is 1. The highest BCUT2D eigenvalue weighted by Gasteiger charge is 2.43. The van der Waals surface area contributed by atoms with Crippen molar-refractivity contribution < 1.29 is 9.90 Å². The lowest BCUT2D eigenvalue weighted by molar-refractivity contribution is -0.142. The van der Waals surface area contributed by atoms with Crippen LogP contribution >= 0.6 is 0 Å². The van der Waals surface area contributed by atoms with Crippen LogP contribution in [0, 0.1) is 23.7 Å². The second-order valence-corrected chi connectivity index (χ2v) is 5.83. The molecule has 1 atom stereocenters. The quantitative estimate of drug-likeness (QED) is 0.883. The van der Waals surface area contributed by atoms with Gasteiger partial charge in [-0.15, -0.1) is 0 Å². The smallest absolute Gasteiger partial charge is 0.326 e. The van der Waals surface area contributed by atoms with Crippen LogP contribution in [0.15, 0.2) is 6.07 Å². The maximum Gasteiger partial charge on any atom is 0.326 e. The van der Waals surface area contributed by atoms with E-state index in [1.54, 1.807) is 17.9 Å². The number of aliphatic carboxylic acids is 1. The van der Waals surface area contributed by atoms with Crippen LogP contribution in [0.25, 0.3) is 0 Å². The minimum Gasteiger partial charge on any atom is -0.480 e. The van der Waals surface area contributed by atoms with Gasteiger partial charge in [0.1, 0.15) is 17.8 Å². The fourth-order valence-electron chi connectivity index (χ4n) is 2.81. The van der Waals surface area contributed by atoms with Gasteiger partial charge in [0.25, 0.3) is 0 Å². The Morgan fingerprint density at radius 1 is 1.55 bits per heavy atom. The van der Waals surface area contributed by atoms with Crippen molar-refractivity contribution in [3.63, 3.8) is 0 Å². The molecule has 106 valence electrons. The first kappa shape index (κ1) is 14.3. The number of carboxylic acids is 1. The molecule has 0 radical (unpaired) electrons. The fraction of sp³-hybridized carbons (Fsp3) is 0.571. The molecule has 20 heavy (non-hydrogen) atoms. The summed E-state index contributed by atoms with van der Waals surface area (Å²) < 4.78 is 0. The number of hydrogen-bond acceptors (Lipinski definition) is 5. The van der Waals surface area contributed by atoms with Crippen LogP contribution in [-0.2, 0) is 4.79 Å². The SMILES string of the molecule is Cc1cc(C#N)nc(N2CCCC(C)(C)C2C(=O)O)n1. The predicted octanol–water partition coefficient (Wildman–Crippen LogP) is 1.74. The van der Waals surface area contributed by atoms with Crippen molar-refractivity contribution in [2.24, 2.45) is 5.41 Å². The van der Waals surface area contributed by atoms with E-state index in [0.29, 0.717) is 18.2 Å². The Morgan fingerprint density at radius 2 is 2.25 bits per heavy atom. The third-order valence-electron chi connectivity index (χ3n) is 3.72. The summed E-state index contributed by atoms with van der Waals surface area (Å²) in [4.78, 5) is 21.8. The zero-order valence-corrected chi connectivity index (χ0v) is 11.9. The summed E-state index contributed by atoms with van der Waals surface area (Å²) in [5.41, 5.74) is 0.573. The average Bonchev–Trinajstić information content (AvgIpc) is 2.35. The zero-order chi connectivity index (χ0) is 14.9. The Morgan fingerprint density at radius 3 is 2.85 bits per heavy atom. The molecule has 0 aromatic carbocycles. The van der Waals surface area contributed by atoms with Crippen molar-refractivity contribution in [1.29, 1.82) is 5.26 Å². The molecule has 0 aliphatic carbocycles. The van der Waals surface area contributed by atoms with Gasteiger partial charge in [-0.2, -0.15) is 5.26 Å². The van der Waals surface area contributed by atoms with Gasteiger partial charge in [0.2, 0.25) is 5.95 Å². The Balaban J connectivity index is 2.47. The molecule has 6 nitrogen and oxygen atoms in total. The minimum absolute atomic E-state index is 0.264. The molecule has 1 aromatic heterocycles. The van der Waals surface area contributed by atoms with E-state index in [4.69, 9.17) is 5.26 Å². The molecule has 1 fully saturated rings. The average molecular weight is 274 g/mol. The topological polar surface area (TPSA) is 90.1 Å². The summed E-state index contributed by atoms with van der Waals surface area (Å²) in [6.07, 6.45) is 1.73. The molecule has 1 unspecified atom stereocenters. The maximum absolute atomic E-state index is 11.6. The highest BCUT2D eigenvalue weighted by molar-refractivity contribution is 5.78. The minimum atomic E-state index is -0.877.